The number of rotatable bonds is 4. The van der Waals surface area contributed by atoms with Crippen molar-refractivity contribution in [2.75, 3.05) is 5.32 Å². The molecule has 2 N–H and O–H groups in total. The van der Waals surface area contributed by atoms with Gasteiger partial charge in [-0.3, -0.25) is 4.79 Å². The summed E-state index contributed by atoms with van der Waals surface area (Å²) in [5, 5.41) is 14.0. The summed E-state index contributed by atoms with van der Waals surface area (Å²) in [5.74, 6) is -0.329. The van der Waals surface area contributed by atoms with Crippen molar-refractivity contribution in [3.63, 3.8) is 0 Å². The highest BCUT2D eigenvalue weighted by Crippen LogP contribution is 2.36. The standard InChI is InChI=1S/C19H17NO4S.C2H6/c1-10-4-6-13(7-5-10)17-16(19(22)23)15(9-25-17)20-18(21)14-8-11(2)24-12(14)3;1-2/h4-9H,1-3H3,(H,20,21)(H,22,23);1-2H3. The largest absolute Gasteiger partial charge is 0.478 e. The molecule has 3 rings (SSSR count). The summed E-state index contributed by atoms with van der Waals surface area (Å²) in [6.45, 7) is 9.43. The van der Waals surface area contributed by atoms with Gasteiger partial charge in [0.25, 0.3) is 5.91 Å². The van der Waals surface area contributed by atoms with Gasteiger partial charge in [0, 0.05) is 5.38 Å². The van der Waals surface area contributed by atoms with Crippen molar-refractivity contribution in [3.05, 3.63) is 63.9 Å². The Balaban J connectivity index is 0.00000126. The highest BCUT2D eigenvalue weighted by atomic mass is 32.1. The summed E-state index contributed by atoms with van der Waals surface area (Å²) in [6.07, 6.45) is 0. The van der Waals surface area contributed by atoms with Crippen LogP contribution in [0.1, 0.15) is 51.6 Å². The van der Waals surface area contributed by atoms with Crippen LogP contribution >= 0.6 is 11.3 Å². The molecule has 0 spiro atoms. The number of hydrogen-bond acceptors (Lipinski definition) is 4. The predicted octanol–water partition coefficient (Wildman–Crippen LogP) is 5.91. The number of carboxylic acid groups (broad SMARTS) is 1. The molecule has 142 valence electrons. The molecular formula is C21H23NO4S. The lowest BCUT2D eigenvalue weighted by molar-refractivity contribution is 0.0699. The number of hydrogen-bond donors (Lipinski definition) is 2. The van der Waals surface area contributed by atoms with Crippen LogP contribution in [0.5, 0.6) is 0 Å². The van der Waals surface area contributed by atoms with Crippen molar-refractivity contribution in [1.29, 1.82) is 0 Å². The third-order valence-corrected chi connectivity index (χ3v) is 4.88. The molecule has 0 aliphatic carbocycles. The molecule has 6 heteroatoms. The lowest BCUT2D eigenvalue weighted by Gasteiger charge is -2.06. The van der Waals surface area contributed by atoms with Crippen molar-refractivity contribution in [2.24, 2.45) is 0 Å². The first-order valence-electron chi connectivity index (χ1n) is 8.67. The summed E-state index contributed by atoms with van der Waals surface area (Å²) in [5.41, 5.74) is 2.69. The Hall–Kier alpha value is -2.86. The molecule has 0 radical (unpaired) electrons. The van der Waals surface area contributed by atoms with E-state index in [9.17, 15) is 14.7 Å². The molecule has 0 atom stereocenters. The summed E-state index contributed by atoms with van der Waals surface area (Å²) >= 11 is 1.29. The van der Waals surface area contributed by atoms with Crippen LogP contribution in [0.15, 0.2) is 40.1 Å². The van der Waals surface area contributed by atoms with Crippen LogP contribution in [0.25, 0.3) is 10.4 Å². The van der Waals surface area contributed by atoms with Gasteiger partial charge in [-0.25, -0.2) is 4.79 Å². The van der Waals surface area contributed by atoms with Gasteiger partial charge in [0.1, 0.15) is 17.1 Å². The normalized spacial score (nSPS) is 10.1. The Morgan fingerprint density at radius 2 is 1.70 bits per heavy atom. The number of nitrogens with one attached hydrogen (secondary N) is 1. The van der Waals surface area contributed by atoms with E-state index in [0.717, 1.165) is 11.1 Å². The number of furan rings is 1. The molecule has 1 aromatic carbocycles. The third-order valence-electron chi connectivity index (χ3n) is 3.85. The second-order valence-corrected chi connectivity index (χ2v) is 6.69. The number of aryl methyl sites for hydroxylation is 3. The predicted molar refractivity (Wildman–Crippen MR) is 109 cm³/mol. The summed E-state index contributed by atoms with van der Waals surface area (Å²) in [7, 11) is 0. The van der Waals surface area contributed by atoms with E-state index in [-0.39, 0.29) is 17.2 Å². The minimum Gasteiger partial charge on any atom is -0.478 e. The molecule has 2 aromatic heterocycles. The van der Waals surface area contributed by atoms with E-state index in [1.807, 2.05) is 45.0 Å². The summed E-state index contributed by atoms with van der Waals surface area (Å²) in [6, 6.07) is 9.25. The molecule has 2 heterocycles. The second kappa shape index (κ2) is 8.68. The summed E-state index contributed by atoms with van der Waals surface area (Å²) in [4.78, 5) is 24.8. The first-order chi connectivity index (χ1) is 12.9. The monoisotopic (exact) mass is 385 g/mol. The van der Waals surface area contributed by atoms with Crippen LogP contribution in [0, 0.1) is 20.8 Å². The minimum absolute atomic E-state index is 0.0973. The smallest absolute Gasteiger partial charge is 0.339 e. The fourth-order valence-electron chi connectivity index (χ4n) is 2.63. The van der Waals surface area contributed by atoms with E-state index in [4.69, 9.17) is 4.42 Å². The fraction of sp³-hybridized carbons (Fsp3) is 0.238. The molecule has 1 amide bonds. The SMILES string of the molecule is CC.Cc1ccc(-c2scc(NC(=O)c3cc(C)oc3C)c2C(=O)O)cc1. The fourth-order valence-corrected chi connectivity index (χ4v) is 3.63. The van der Waals surface area contributed by atoms with Crippen LogP contribution in [0.2, 0.25) is 0 Å². The molecule has 0 bridgehead atoms. The lowest BCUT2D eigenvalue weighted by atomic mass is 10.1. The molecule has 5 nitrogen and oxygen atoms in total. The highest BCUT2D eigenvalue weighted by molar-refractivity contribution is 7.14. The number of amides is 1. The maximum atomic E-state index is 12.5. The van der Waals surface area contributed by atoms with E-state index in [2.05, 4.69) is 5.32 Å². The van der Waals surface area contributed by atoms with Gasteiger partial charge in [0.2, 0.25) is 0 Å². The first kappa shape index (κ1) is 20.5. The Morgan fingerprint density at radius 1 is 1.07 bits per heavy atom. The van der Waals surface area contributed by atoms with Crippen LogP contribution in [0.4, 0.5) is 5.69 Å². The van der Waals surface area contributed by atoms with E-state index in [1.54, 1.807) is 25.3 Å². The van der Waals surface area contributed by atoms with Crippen LogP contribution < -0.4 is 5.32 Å². The Bertz CT molecular complexity index is 951. The summed E-state index contributed by atoms with van der Waals surface area (Å²) < 4.78 is 5.36. The second-order valence-electron chi connectivity index (χ2n) is 5.81. The van der Waals surface area contributed by atoms with E-state index in [1.165, 1.54) is 11.3 Å². The number of thiophene rings is 1. The van der Waals surface area contributed by atoms with Gasteiger partial charge in [-0.15, -0.1) is 11.3 Å². The molecular weight excluding hydrogens is 362 g/mol. The Kier molecular flexibility index (Phi) is 6.58. The first-order valence-corrected chi connectivity index (χ1v) is 9.55. The zero-order chi connectivity index (χ0) is 20.1. The van der Waals surface area contributed by atoms with Crippen molar-refractivity contribution >= 4 is 28.9 Å². The van der Waals surface area contributed by atoms with Gasteiger partial charge >= 0.3 is 5.97 Å². The molecule has 0 unspecified atom stereocenters. The van der Waals surface area contributed by atoms with Gasteiger partial charge in [0.15, 0.2) is 0 Å². The van der Waals surface area contributed by atoms with E-state index in [0.29, 0.717) is 22.0 Å². The average molecular weight is 385 g/mol. The van der Waals surface area contributed by atoms with Crippen molar-refractivity contribution in [1.82, 2.24) is 0 Å². The molecule has 27 heavy (non-hydrogen) atoms. The molecule has 0 fully saturated rings. The van der Waals surface area contributed by atoms with E-state index < -0.39 is 5.97 Å². The van der Waals surface area contributed by atoms with Crippen molar-refractivity contribution in [2.45, 2.75) is 34.6 Å². The van der Waals surface area contributed by atoms with E-state index >= 15 is 0 Å². The van der Waals surface area contributed by atoms with Crippen LogP contribution in [0.3, 0.4) is 0 Å². The lowest BCUT2D eigenvalue weighted by Crippen LogP contribution is -2.14. The molecule has 3 aromatic rings. The van der Waals surface area contributed by atoms with Crippen LogP contribution in [-0.4, -0.2) is 17.0 Å². The maximum absolute atomic E-state index is 12.5. The molecule has 0 aliphatic heterocycles. The Morgan fingerprint density at radius 3 is 2.22 bits per heavy atom. The molecule has 0 aliphatic rings. The van der Waals surface area contributed by atoms with Gasteiger partial charge in [0.05, 0.1) is 16.1 Å². The van der Waals surface area contributed by atoms with Gasteiger partial charge in [-0.1, -0.05) is 43.7 Å². The maximum Gasteiger partial charge on any atom is 0.339 e. The van der Waals surface area contributed by atoms with Gasteiger partial charge in [-0.2, -0.15) is 0 Å². The third kappa shape index (κ3) is 4.46. The number of carboxylic acids is 1. The number of anilines is 1. The minimum atomic E-state index is -1.08. The number of benzene rings is 1. The van der Waals surface area contributed by atoms with Crippen molar-refractivity contribution < 1.29 is 19.1 Å². The highest BCUT2D eigenvalue weighted by Gasteiger charge is 2.22. The zero-order valence-corrected chi connectivity index (χ0v) is 16.9. The van der Waals surface area contributed by atoms with Gasteiger partial charge < -0.3 is 14.8 Å². The number of carbonyl (C=O) groups excluding carboxylic acids is 1. The van der Waals surface area contributed by atoms with Crippen molar-refractivity contribution in [3.8, 4) is 10.4 Å². The zero-order valence-electron chi connectivity index (χ0n) is 16.0. The number of aromatic carboxylic acids is 1. The Labute approximate surface area is 162 Å². The molecule has 0 saturated carbocycles. The average Bonchev–Trinajstić information content (AvgIpc) is 3.20. The van der Waals surface area contributed by atoms with Crippen LogP contribution in [-0.2, 0) is 0 Å². The quantitative estimate of drug-likeness (QED) is 0.585. The van der Waals surface area contributed by atoms with Gasteiger partial charge in [-0.05, 0) is 32.4 Å². The number of carbonyl (C=O) groups is 2. The topological polar surface area (TPSA) is 79.5 Å². The molecule has 0 saturated heterocycles.